The number of carbonyl (C=O) groups is 1. The van der Waals surface area contributed by atoms with Crippen molar-refractivity contribution in [2.75, 3.05) is 6.54 Å². The molecule has 0 unspecified atom stereocenters. The molecule has 0 aromatic heterocycles. The summed E-state index contributed by atoms with van der Waals surface area (Å²) in [5, 5.41) is 0. The highest BCUT2D eigenvalue weighted by atomic mass is 16.5. The van der Waals surface area contributed by atoms with Crippen LogP contribution in [0.4, 0.5) is 0 Å². The monoisotopic (exact) mass is 245 g/mol. The van der Waals surface area contributed by atoms with Crippen LogP contribution in [0.1, 0.15) is 43.0 Å². The minimum Gasteiger partial charge on any atom is -0.351 e. The fourth-order valence-corrected chi connectivity index (χ4v) is 3.22. The maximum atomic E-state index is 12.6. The molecule has 2 aliphatic rings. The van der Waals surface area contributed by atoms with E-state index in [4.69, 9.17) is 4.74 Å². The summed E-state index contributed by atoms with van der Waals surface area (Å²) in [5.41, 5.74) is 0.452. The molecule has 1 heterocycles. The minimum atomic E-state index is -0.313. The van der Waals surface area contributed by atoms with Crippen molar-refractivity contribution in [1.29, 1.82) is 0 Å². The van der Waals surface area contributed by atoms with Crippen LogP contribution in [-0.2, 0) is 4.74 Å². The zero-order valence-corrected chi connectivity index (χ0v) is 10.8. The quantitative estimate of drug-likeness (QED) is 0.761. The topological polar surface area (TPSA) is 29.5 Å². The largest absolute Gasteiger partial charge is 0.351 e. The lowest BCUT2D eigenvalue weighted by molar-refractivity contribution is -0.0824. The van der Waals surface area contributed by atoms with Gasteiger partial charge in [0.05, 0.1) is 6.10 Å². The van der Waals surface area contributed by atoms with Crippen LogP contribution in [0.15, 0.2) is 30.3 Å². The smallest absolute Gasteiger partial charge is 0.256 e. The minimum absolute atomic E-state index is 0.113. The van der Waals surface area contributed by atoms with Crippen molar-refractivity contribution in [3.05, 3.63) is 35.9 Å². The lowest BCUT2D eigenvalue weighted by Crippen LogP contribution is -2.46. The molecule has 3 heteroatoms. The van der Waals surface area contributed by atoms with Gasteiger partial charge < -0.3 is 9.64 Å². The van der Waals surface area contributed by atoms with Crippen molar-refractivity contribution in [1.82, 2.24) is 4.90 Å². The number of ether oxygens (including phenoxy) is 1. The highest BCUT2D eigenvalue weighted by Gasteiger charge is 2.49. The lowest BCUT2D eigenvalue weighted by Gasteiger charge is -2.33. The Morgan fingerprint density at radius 3 is 2.61 bits per heavy atom. The van der Waals surface area contributed by atoms with Gasteiger partial charge in [0.15, 0.2) is 0 Å². The van der Waals surface area contributed by atoms with Crippen molar-refractivity contribution in [2.24, 2.45) is 0 Å². The van der Waals surface area contributed by atoms with Crippen LogP contribution < -0.4 is 0 Å². The van der Waals surface area contributed by atoms with E-state index in [0.29, 0.717) is 6.54 Å². The zero-order valence-electron chi connectivity index (χ0n) is 10.8. The molecule has 0 N–H and O–H groups in total. The first-order valence-electron chi connectivity index (χ1n) is 6.76. The summed E-state index contributed by atoms with van der Waals surface area (Å²) >= 11 is 0. The second-order valence-electron chi connectivity index (χ2n) is 5.36. The second-order valence-corrected chi connectivity index (χ2v) is 5.36. The van der Waals surface area contributed by atoms with E-state index in [1.165, 1.54) is 0 Å². The molecule has 1 saturated carbocycles. The molecule has 18 heavy (non-hydrogen) atoms. The van der Waals surface area contributed by atoms with Crippen LogP contribution in [0.2, 0.25) is 0 Å². The highest BCUT2D eigenvalue weighted by Crippen LogP contribution is 2.42. The van der Waals surface area contributed by atoms with E-state index < -0.39 is 0 Å². The average Bonchev–Trinajstić information content (AvgIpc) is 2.98. The Morgan fingerprint density at radius 2 is 1.94 bits per heavy atom. The van der Waals surface area contributed by atoms with E-state index in [9.17, 15) is 4.79 Å². The summed E-state index contributed by atoms with van der Waals surface area (Å²) in [5.74, 6) is 0.113. The fourth-order valence-electron chi connectivity index (χ4n) is 3.22. The van der Waals surface area contributed by atoms with Crippen molar-refractivity contribution in [2.45, 2.75) is 44.4 Å². The van der Waals surface area contributed by atoms with Gasteiger partial charge in [-0.2, -0.15) is 0 Å². The van der Waals surface area contributed by atoms with Crippen LogP contribution in [0, 0.1) is 0 Å². The van der Waals surface area contributed by atoms with Gasteiger partial charge in [-0.05, 0) is 44.7 Å². The second kappa shape index (κ2) is 4.39. The van der Waals surface area contributed by atoms with Crippen LogP contribution in [0.25, 0.3) is 0 Å². The Morgan fingerprint density at radius 1 is 1.28 bits per heavy atom. The van der Waals surface area contributed by atoms with Crippen LogP contribution in [0.5, 0.6) is 0 Å². The number of amides is 1. The summed E-state index contributed by atoms with van der Waals surface area (Å²) in [7, 11) is 0. The summed E-state index contributed by atoms with van der Waals surface area (Å²) < 4.78 is 6.07. The first kappa shape index (κ1) is 11.7. The molecule has 1 aromatic rings. The fraction of sp³-hybridized carbons (Fsp3) is 0.533. The van der Waals surface area contributed by atoms with Gasteiger partial charge in [-0.1, -0.05) is 18.2 Å². The van der Waals surface area contributed by atoms with Crippen LogP contribution in [0.3, 0.4) is 0 Å². The SMILES string of the molecule is C[C@H]1CN(C(=O)c2ccccc2)C2(CCCC2)O1. The van der Waals surface area contributed by atoms with E-state index in [-0.39, 0.29) is 17.7 Å². The van der Waals surface area contributed by atoms with Gasteiger partial charge in [0, 0.05) is 12.1 Å². The Kier molecular flexibility index (Phi) is 2.86. The summed E-state index contributed by atoms with van der Waals surface area (Å²) in [4.78, 5) is 14.6. The first-order valence-corrected chi connectivity index (χ1v) is 6.76. The van der Waals surface area contributed by atoms with E-state index in [0.717, 1.165) is 31.2 Å². The molecule has 1 aliphatic carbocycles. The van der Waals surface area contributed by atoms with Gasteiger partial charge in [-0.25, -0.2) is 0 Å². The van der Waals surface area contributed by atoms with Crippen molar-refractivity contribution >= 4 is 5.91 Å². The molecule has 96 valence electrons. The van der Waals surface area contributed by atoms with Crippen LogP contribution >= 0.6 is 0 Å². The van der Waals surface area contributed by atoms with Gasteiger partial charge in [0.2, 0.25) is 0 Å². The third-order valence-electron chi connectivity index (χ3n) is 4.00. The van der Waals surface area contributed by atoms with E-state index in [1.807, 2.05) is 35.2 Å². The Labute approximate surface area is 108 Å². The maximum Gasteiger partial charge on any atom is 0.256 e. The van der Waals surface area contributed by atoms with Gasteiger partial charge in [0.25, 0.3) is 5.91 Å². The summed E-state index contributed by atoms with van der Waals surface area (Å²) in [6, 6.07) is 9.52. The molecule has 1 aromatic carbocycles. The number of hydrogen-bond donors (Lipinski definition) is 0. The molecular formula is C15H19NO2. The van der Waals surface area contributed by atoms with Crippen LogP contribution in [-0.4, -0.2) is 29.2 Å². The van der Waals surface area contributed by atoms with Crippen molar-refractivity contribution in [3.63, 3.8) is 0 Å². The molecule has 1 spiro atoms. The summed E-state index contributed by atoms with van der Waals surface area (Å²) in [6.07, 6.45) is 4.43. The predicted octanol–water partition coefficient (Wildman–Crippen LogP) is 2.82. The Hall–Kier alpha value is -1.35. The molecule has 1 aliphatic heterocycles. The number of benzene rings is 1. The molecule has 1 atom stereocenters. The molecule has 0 radical (unpaired) electrons. The summed E-state index contributed by atoms with van der Waals surface area (Å²) in [6.45, 7) is 2.77. The first-order chi connectivity index (χ1) is 8.71. The van der Waals surface area contributed by atoms with E-state index >= 15 is 0 Å². The maximum absolute atomic E-state index is 12.6. The van der Waals surface area contributed by atoms with Gasteiger partial charge in [-0.15, -0.1) is 0 Å². The Balaban J connectivity index is 1.89. The van der Waals surface area contributed by atoms with Crippen molar-refractivity contribution < 1.29 is 9.53 Å². The number of rotatable bonds is 1. The third-order valence-corrected chi connectivity index (χ3v) is 4.00. The van der Waals surface area contributed by atoms with Gasteiger partial charge in [0.1, 0.15) is 5.72 Å². The predicted molar refractivity (Wildman–Crippen MR) is 69.2 cm³/mol. The van der Waals surface area contributed by atoms with Gasteiger partial charge >= 0.3 is 0 Å². The number of carbonyl (C=O) groups excluding carboxylic acids is 1. The van der Waals surface area contributed by atoms with E-state index in [1.54, 1.807) is 0 Å². The molecule has 1 amide bonds. The van der Waals surface area contributed by atoms with Crippen molar-refractivity contribution in [3.8, 4) is 0 Å². The molecule has 0 bridgehead atoms. The molecule has 2 fully saturated rings. The molecule has 3 nitrogen and oxygen atoms in total. The lowest BCUT2D eigenvalue weighted by atomic mass is 10.1. The zero-order chi connectivity index (χ0) is 12.6. The average molecular weight is 245 g/mol. The standard InChI is InChI=1S/C15H19NO2/c1-12-11-16(15(18-12)9-5-6-10-15)14(17)13-7-3-2-4-8-13/h2-4,7-8,12H,5-6,9-11H2,1H3/t12-/m0/s1. The molecule has 3 rings (SSSR count). The van der Waals surface area contributed by atoms with E-state index in [2.05, 4.69) is 6.92 Å². The molecule has 1 saturated heterocycles. The highest BCUT2D eigenvalue weighted by molar-refractivity contribution is 5.94. The molecular weight excluding hydrogens is 226 g/mol. The third kappa shape index (κ3) is 1.83. The van der Waals surface area contributed by atoms with Gasteiger partial charge in [-0.3, -0.25) is 4.79 Å². The normalized spacial score (nSPS) is 25.8. The Bertz CT molecular complexity index is 437. The number of hydrogen-bond acceptors (Lipinski definition) is 2. The number of nitrogens with zero attached hydrogens (tertiary/aromatic N) is 1.